The number of hydrogen-bond acceptors (Lipinski definition) is 3. The standard InChI is InChI=1S/C23H22ClF3N4O3/c24-19-5-2-15(10-18(19)23(25,26)27)30-22(34)29-14-3-6-20-17(9-14)16-4-1-13(28-12-33)11-21(16)31(20)7-8-32/h1-2,4-5,10-12,14,32H,3,6-9H2,(H,28,33)(H2,29,30,34). The summed E-state index contributed by atoms with van der Waals surface area (Å²) < 4.78 is 41.3. The first-order chi connectivity index (χ1) is 16.2. The van der Waals surface area contributed by atoms with E-state index >= 15 is 0 Å². The topological polar surface area (TPSA) is 95.4 Å². The zero-order chi connectivity index (χ0) is 24.5. The molecule has 34 heavy (non-hydrogen) atoms. The SMILES string of the molecule is O=CNc1ccc2c3c(n(CCO)c2c1)CCC(NC(=O)Nc1ccc(Cl)c(C(F)(F)F)c1)C3. The fourth-order valence-corrected chi connectivity index (χ4v) is 4.68. The maximum absolute atomic E-state index is 13.1. The molecule has 2 aromatic carbocycles. The number of halogens is 4. The first-order valence-corrected chi connectivity index (χ1v) is 11.0. The lowest BCUT2D eigenvalue weighted by Crippen LogP contribution is -2.41. The maximum atomic E-state index is 13.1. The molecule has 0 saturated carbocycles. The number of benzene rings is 2. The summed E-state index contributed by atoms with van der Waals surface area (Å²) in [5.41, 5.74) is 2.56. The number of rotatable bonds is 6. The summed E-state index contributed by atoms with van der Waals surface area (Å²) in [4.78, 5) is 23.3. The number of amides is 3. The molecule has 0 aliphatic heterocycles. The lowest BCUT2D eigenvalue weighted by atomic mass is 9.91. The van der Waals surface area contributed by atoms with Crippen LogP contribution in [0, 0.1) is 0 Å². The molecule has 1 aromatic heterocycles. The van der Waals surface area contributed by atoms with Gasteiger partial charge in [0.25, 0.3) is 0 Å². The first-order valence-electron chi connectivity index (χ1n) is 10.6. The van der Waals surface area contributed by atoms with E-state index in [1.54, 1.807) is 6.07 Å². The number of carbonyl (C=O) groups excluding carboxylic acids is 2. The van der Waals surface area contributed by atoms with Crippen molar-refractivity contribution in [3.8, 4) is 0 Å². The van der Waals surface area contributed by atoms with Crippen LogP contribution in [0.4, 0.5) is 29.3 Å². The molecule has 1 unspecified atom stereocenters. The van der Waals surface area contributed by atoms with Gasteiger partial charge < -0.3 is 25.6 Å². The molecule has 0 spiro atoms. The third-order valence-corrected chi connectivity index (χ3v) is 6.21. The highest BCUT2D eigenvalue weighted by Gasteiger charge is 2.33. The Labute approximate surface area is 197 Å². The van der Waals surface area contributed by atoms with E-state index in [4.69, 9.17) is 11.6 Å². The van der Waals surface area contributed by atoms with Crippen LogP contribution in [0.15, 0.2) is 36.4 Å². The van der Waals surface area contributed by atoms with Gasteiger partial charge in [-0.05, 0) is 55.2 Å². The summed E-state index contributed by atoms with van der Waals surface area (Å²) in [6.45, 7) is 0.347. The molecular weight excluding hydrogens is 473 g/mol. The van der Waals surface area contributed by atoms with Gasteiger partial charge in [0.15, 0.2) is 0 Å². The zero-order valence-electron chi connectivity index (χ0n) is 17.9. The highest BCUT2D eigenvalue weighted by molar-refractivity contribution is 6.31. The van der Waals surface area contributed by atoms with Crippen LogP contribution in [0.25, 0.3) is 10.9 Å². The minimum atomic E-state index is -4.63. The van der Waals surface area contributed by atoms with Crippen LogP contribution < -0.4 is 16.0 Å². The van der Waals surface area contributed by atoms with E-state index in [-0.39, 0.29) is 18.3 Å². The fraction of sp³-hybridized carbons (Fsp3) is 0.304. The van der Waals surface area contributed by atoms with Gasteiger partial charge >= 0.3 is 12.2 Å². The molecule has 1 aliphatic rings. The molecule has 1 heterocycles. The number of carbonyl (C=O) groups is 2. The number of anilines is 2. The molecule has 7 nitrogen and oxygen atoms in total. The van der Waals surface area contributed by atoms with Gasteiger partial charge in [-0.2, -0.15) is 13.2 Å². The minimum Gasteiger partial charge on any atom is -0.395 e. The number of urea groups is 1. The highest BCUT2D eigenvalue weighted by atomic mass is 35.5. The second-order valence-corrected chi connectivity index (χ2v) is 8.43. The van der Waals surface area contributed by atoms with Crippen molar-refractivity contribution < 1.29 is 27.9 Å². The first kappa shape index (κ1) is 23.9. The molecule has 0 fully saturated rings. The van der Waals surface area contributed by atoms with Gasteiger partial charge in [0.1, 0.15) is 0 Å². The summed E-state index contributed by atoms with van der Waals surface area (Å²) in [5, 5.41) is 18.0. The Morgan fingerprint density at radius 3 is 2.68 bits per heavy atom. The average molecular weight is 495 g/mol. The summed E-state index contributed by atoms with van der Waals surface area (Å²) in [7, 11) is 0. The van der Waals surface area contributed by atoms with E-state index in [1.165, 1.54) is 6.07 Å². The Bertz CT molecular complexity index is 1240. The van der Waals surface area contributed by atoms with Crippen LogP contribution in [0.3, 0.4) is 0 Å². The molecule has 180 valence electrons. The quantitative estimate of drug-likeness (QED) is 0.378. The molecule has 1 aliphatic carbocycles. The number of alkyl halides is 3. The Balaban J connectivity index is 1.52. The Morgan fingerprint density at radius 2 is 1.97 bits per heavy atom. The Morgan fingerprint density at radius 1 is 1.21 bits per heavy atom. The number of aliphatic hydroxyl groups is 1. The van der Waals surface area contributed by atoms with Crippen LogP contribution >= 0.6 is 11.6 Å². The lowest BCUT2D eigenvalue weighted by Gasteiger charge is -2.25. The van der Waals surface area contributed by atoms with Crippen molar-refractivity contribution in [2.45, 2.75) is 38.0 Å². The number of nitrogens with one attached hydrogen (secondary N) is 3. The lowest BCUT2D eigenvalue weighted by molar-refractivity contribution is -0.137. The summed E-state index contributed by atoms with van der Waals surface area (Å²) in [5.74, 6) is 0. The molecule has 3 aromatic rings. The molecule has 4 rings (SSSR count). The van der Waals surface area contributed by atoms with Crippen LogP contribution in [-0.4, -0.2) is 34.8 Å². The van der Waals surface area contributed by atoms with Crippen molar-refractivity contribution in [1.29, 1.82) is 0 Å². The number of fused-ring (bicyclic) bond motifs is 3. The molecule has 4 N–H and O–H groups in total. The van der Waals surface area contributed by atoms with Gasteiger partial charge in [-0.3, -0.25) is 4.79 Å². The summed E-state index contributed by atoms with van der Waals surface area (Å²) in [6.07, 6.45) is -2.25. The Kier molecular flexibility index (Phi) is 6.72. The van der Waals surface area contributed by atoms with Crippen molar-refractivity contribution in [3.63, 3.8) is 0 Å². The third kappa shape index (κ3) is 4.83. The largest absolute Gasteiger partial charge is 0.417 e. The number of aliphatic hydroxyl groups excluding tert-OH is 1. The van der Waals surface area contributed by atoms with Crippen LogP contribution in [0.5, 0.6) is 0 Å². The molecule has 1 atom stereocenters. The molecule has 11 heteroatoms. The second-order valence-electron chi connectivity index (χ2n) is 8.03. The van der Waals surface area contributed by atoms with Crippen LogP contribution in [0.1, 0.15) is 23.2 Å². The van der Waals surface area contributed by atoms with E-state index in [0.717, 1.165) is 34.3 Å². The highest BCUT2D eigenvalue weighted by Crippen LogP contribution is 2.36. The van der Waals surface area contributed by atoms with Gasteiger partial charge in [0.2, 0.25) is 6.41 Å². The van der Waals surface area contributed by atoms with E-state index in [9.17, 15) is 27.9 Å². The van der Waals surface area contributed by atoms with E-state index in [0.29, 0.717) is 37.9 Å². The van der Waals surface area contributed by atoms with Gasteiger partial charge in [0.05, 0.1) is 22.7 Å². The number of aromatic nitrogens is 1. The van der Waals surface area contributed by atoms with E-state index < -0.39 is 22.8 Å². The fourth-order valence-electron chi connectivity index (χ4n) is 4.46. The monoisotopic (exact) mass is 494 g/mol. The normalized spacial score (nSPS) is 15.6. The van der Waals surface area contributed by atoms with Gasteiger partial charge in [0, 0.05) is 35.0 Å². The Hall–Kier alpha value is -3.24. The third-order valence-electron chi connectivity index (χ3n) is 5.88. The van der Waals surface area contributed by atoms with Crippen molar-refractivity contribution >= 4 is 46.3 Å². The van der Waals surface area contributed by atoms with Crippen LogP contribution in [0.2, 0.25) is 5.02 Å². The molecule has 0 saturated heterocycles. The summed E-state index contributed by atoms with van der Waals surface area (Å²) in [6, 6.07) is 7.87. The van der Waals surface area contributed by atoms with Gasteiger partial charge in [-0.25, -0.2) is 4.79 Å². The van der Waals surface area contributed by atoms with E-state index in [2.05, 4.69) is 16.0 Å². The van der Waals surface area contributed by atoms with E-state index in [1.807, 2.05) is 16.7 Å². The van der Waals surface area contributed by atoms with Crippen LogP contribution in [-0.2, 0) is 30.4 Å². The van der Waals surface area contributed by atoms with Crippen molar-refractivity contribution in [1.82, 2.24) is 9.88 Å². The predicted octanol–water partition coefficient (Wildman–Crippen LogP) is 4.55. The predicted molar refractivity (Wildman–Crippen MR) is 123 cm³/mol. The molecule has 0 bridgehead atoms. The number of nitrogens with zero attached hydrogens (tertiary/aromatic N) is 1. The number of hydrogen-bond donors (Lipinski definition) is 4. The second kappa shape index (κ2) is 9.55. The van der Waals surface area contributed by atoms with Crippen molar-refractivity contribution in [2.75, 3.05) is 17.2 Å². The molecule has 3 amide bonds. The molecule has 0 radical (unpaired) electrons. The maximum Gasteiger partial charge on any atom is 0.417 e. The van der Waals surface area contributed by atoms with Crippen molar-refractivity contribution in [3.05, 3.63) is 58.2 Å². The van der Waals surface area contributed by atoms with Gasteiger partial charge in [-0.15, -0.1) is 0 Å². The molecular formula is C23H22ClF3N4O3. The summed E-state index contributed by atoms with van der Waals surface area (Å²) >= 11 is 5.63. The zero-order valence-corrected chi connectivity index (χ0v) is 18.6. The minimum absolute atomic E-state index is 0.0134. The van der Waals surface area contributed by atoms with Crippen molar-refractivity contribution in [2.24, 2.45) is 0 Å². The smallest absolute Gasteiger partial charge is 0.395 e. The van der Waals surface area contributed by atoms with Gasteiger partial charge in [-0.1, -0.05) is 17.7 Å². The average Bonchev–Trinajstić information content (AvgIpc) is 3.07.